The highest BCUT2D eigenvalue weighted by atomic mass is 35.5. The van der Waals surface area contributed by atoms with Crippen LogP contribution in [0.1, 0.15) is 31.2 Å². The summed E-state index contributed by atoms with van der Waals surface area (Å²) in [6.45, 7) is 1.16. The quantitative estimate of drug-likeness (QED) is 0.908. The van der Waals surface area contributed by atoms with Crippen molar-refractivity contribution in [2.75, 3.05) is 27.2 Å². The molecule has 1 aromatic carbocycles. The molecule has 0 heterocycles. The molecule has 2 rings (SSSR count). The van der Waals surface area contributed by atoms with E-state index < -0.39 is 0 Å². The van der Waals surface area contributed by atoms with E-state index in [2.05, 4.69) is 25.1 Å². The monoisotopic (exact) mass is 315 g/mol. The van der Waals surface area contributed by atoms with Gasteiger partial charge >= 0.3 is 0 Å². The summed E-state index contributed by atoms with van der Waals surface area (Å²) < 4.78 is 0. The summed E-state index contributed by atoms with van der Waals surface area (Å²) in [4.78, 5) is 2.20. The van der Waals surface area contributed by atoms with Crippen LogP contribution in [-0.2, 0) is 5.41 Å². The van der Waals surface area contributed by atoms with Crippen molar-refractivity contribution in [3.63, 3.8) is 0 Å². The molecule has 0 radical (unpaired) electrons. The van der Waals surface area contributed by atoms with E-state index in [-0.39, 0.29) is 17.9 Å². The highest BCUT2D eigenvalue weighted by Crippen LogP contribution is 2.45. The molecule has 0 unspecified atom stereocenters. The summed E-state index contributed by atoms with van der Waals surface area (Å²) in [5.74, 6) is 0.288. The van der Waals surface area contributed by atoms with E-state index in [9.17, 15) is 5.11 Å². The maximum atomic E-state index is 9.85. The smallest absolute Gasteiger partial charge is 0.0595 e. The van der Waals surface area contributed by atoms with Crippen molar-refractivity contribution in [3.05, 3.63) is 33.8 Å². The first-order valence-corrected chi connectivity index (χ1v) is 7.96. The average molecular weight is 316 g/mol. The fraction of sp³-hybridized carbons (Fsp3) is 0.625. The molecule has 4 heteroatoms. The van der Waals surface area contributed by atoms with Crippen LogP contribution in [0.2, 0.25) is 10.0 Å². The van der Waals surface area contributed by atoms with Gasteiger partial charge in [0.25, 0.3) is 0 Å². The van der Waals surface area contributed by atoms with Crippen LogP contribution in [0.25, 0.3) is 0 Å². The standard InChI is InChI=1S/C16H23Cl2NO/c1-19(2)11-16(8-4-3-5-13(16)10-20)12-6-7-14(17)15(18)9-12/h6-7,9,13,20H,3-5,8,10-11H2,1-2H3/t13-,16+/m1/s1. The van der Waals surface area contributed by atoms with Crippen LogP contribution in [0, 0.1) is 5.92 Å². The highest BCUT2D eigenvalue weighted by Gasteiger charge is 2.42. The molecule has 0 aliphatic heterocycles. The van der Waals surface area contributed by atoms with Gasteiger partial charge in [-0.2, -0.15) is 0 Å². The van der Waals surface area contributed by atoms with Crippen LogP contribution >= 0.6 is 23.2 Å². The third-order valence-electron chi connectivity index (χ3n) is 4.52. The van der Waals surface area contributed by atoms with Crippen molar-refractivity contribution in [3.8, 4) is 0 Å². The molecule has 0 bridgehead atoms. The Bertz CT molecular complexity index is 464. The largest absolute Gasteiger partial charge is 0.396 e. The summed E-state index contributed by atoms with van der Waals surface area (Å²) in [6.07, 6.45) is 4.56. The zero-order chi connectivity index (χ0) is 14.8. The van der Waals surface area contributed by atoms with Gasteiger partial charge < -0.3 is 10.0 Å². The van der Waals surface area contributed by atoms with E-state index in [1.165, 1.54) is 18.4 Å². The number of hydrogen-bond donors (Lipinski definition) is 1. The second kappa shape index (κ2) is 6.65. The number of nitrogens with zero attached hydrogens (tertiary/aromatic N) is 1. The molecular formula is C16H23Cl2NO. The molecule has 0 amide bonds. The maximum absolute atomic E-state index is 9.85. The van der Waals surface area contributed by atoms with Gasteiger partial charge in [-0.15, -0.1) is 0 Å². The number of hydrogen-bond acceptors (Lipinski definition) is 2. The number of halogens is 2. The predicted octanol–water partition coefficient (Wildman–Crippen LogP) is 3.98. The Labute approximate surface area is 131 Å². The summed E-state index contributed by atoms with van der Waals surface area (Å²) >= 11 is 12.3. The lowest BCUT2D eigenvalue weighted by molar-refractivity contribution is 0.0822. The fourth-order valence-electron chi connectivity index (χ4n) is 3.63. The number of likely N-dealkylation sites (N-methyl/N-ethyl adjacent to an activating group) is 1. The zero-order valence-electron chi connectivity index (χ0n) is 12.2. The number of aliphatic hydroxyl groups is 1. The van der Waals surface area contributed by atoms with Crippen LogP contribution < -0.4 is 0 Å². The van der Waals surface area contributed by atoms with Crippen LogP contribution in [0.3, 0.4) is 0 Å². The van der Waals surface area contributed by atoms with E-state index >= 15 is 0 Å². The molecule has 1 aliphatic carbocycles. The second-order valence-corrected chi connectivity index (χ2v) is 6.96. The molecule has 1 aromatic rings. The van der Waals surface area contributed by atoms with Gasteiger partial charge in [-0.25, -0.2) is 0 Å². The molecule has 20 heavy (non-hydrogen) atoms. The number of benzene rings is 1. The Morgan fingerprint density at radius 2 is 2.00 bits per heavy atom. The number of rotatable bonds is 4. The predicted molar refractivity (Wildman–Crippen MR) is 85.7 cm³/mol. The summed E-state index contributed by atoms with van der Waals surface area (Å²) in [6, 6.07) is 5.94. The molecule has 1 fully saturated rings. The van der Waals surface area contributed by atoms with E-state index in [4.69, 9.17) is 23.2 Å². The molecule has 2 nitrogen and oxygen atoms in total. The first-order valence-electron chi connectivity index (χ1n) is 7.21. The van der Waals surface area contributed by atoms with E-state index in [1.807, 2.05) is 12.1 Å². The van der Waals surface area contributed by atoms with Crippen LogP contribution in [0.4, 0.5) is 0 Å². The SMILES string of the molecule is CN(C)C[C@]1(c2ccc(Cl)c(Cl)c2)CCCC[C@@H]1CO. The Morgan fingerprint density at radius 1 is 1.25 bits per heavy atom. The van der Waals surface area contributed by atoms with Crippen molar-refractivity contribution in [2.24, 2.45) is 5.92 Å². The van der Waals surface area contributed by atoms with E-state index in [0.29, 0.717) is 10.0 Å². The molecule has 2 atom stereocenters. The van der Waals surface area contributed by atoms with E-state index in [1.54, 1.807) is 0 Å². The molecule has 0 aromatic heterocycles. The summed E-state index contributed by atoms with van der Waals surface area (Å²) in [7, 11) is 4.17. The molecule has 1 saturated carbocycles. The first kappa shape index (κ1) is 16.1. The summed E-state index contributed by atoms with van der Waals surface area (Å²) in [5.41, 5.74) is 1.18. The minimum Gasteiger partial charge on any atom is -0.396 e. The molecule has 1 N–H and O–H groups in total. The van der Waals surface area contributed by atoms with Crippen LogP contribution in [0.15, 0.2) is 18.2 Å². The molecular weight excluding hydrogens is 293 g/mol. The lowest BCUT2D eigenvalue weighted by atomic mass is 9.62. The molecule has 112 valence electrons. The molecule has 0 spiro atoms. The van der Waals surface area contributed by atoms with Crippen molar-refractivity contribution in [2.45, 2.75) is 31.1 Å². The fourth-order valence-corrected chi connectivity index (χ4v) is 3.93. The van der Waals surface area contributed by atoms with Gasteiger partial charge in [-0.1, -0.05) is 42.1 Å². The van der Waals surface area contributed by atoms with E-state index in [0.717, 1.165) is 19.4 Å². The highest BCUT2D eigenvalue weighted by molar-refractivity contribution is 6.42. The van der Waals surface area contributed by atoms with Crippen LogP contribution in [0.5, 0.6) is 0 Å². The van der Waals surface area contributed by atoms with Crippen molar-refractivity contribution in [1.82, 2.24) is 4.90 Å². The van der Waals surface area contributed by atoms with Crippen molar-refractivity contribution < 1.29 is 5.11 Å². The van der Waals surface area contributed by atoms with Gasteiger partial charge in [0, 0.05) is 18.6 Å². The minimum atomic E-state index is -0.0231. The van der Waals surface area contributed by atoms with Crippen molar-refractivity contribution >= 4 is 23.2 Å². The van der Waals surface area contributed by atoms with Crippen molar-refractivity contribution in [1.29, 1.82) is 0 Å². The summed E-state index contributed by atoms with van der Waals surface area (Å²) in [5, 5.41) is 11.0. The zero-order valence-corrected chi connectivity index (χ0v) is 13.7. The third kappa shape index (κ3) is 3.14. The molecule has 0 saturated heterocycles. The van der Waals surface area contributed by atoms with Gasteiger partial charge in [-0.3, -0.25) is 0 Å². The second-order valence-electron chi connectivity index (χ2n) is 6.15. The Morgan fingerprint density at radius 3 is 2.60 bits per heavy atom. The van der Waals surface area contributed by atoms with Crippen LogP contribution in [-0.4, -0.2) is 37.3 Å². The lowest BCUT2D eigenvalue weighted by Gasteiger charge is -2.46. The Balaban J connectivity index is 2.46. The Kier molecular flexibility index (Phi) is 5.36. The van der Waals surface area contributed by atoms with Gasteiger partial charge in [0.05, 0.1) is 10.0 Å². The topological polar surface area (TPSA) is 23.5 Å². The first-order chi connectivity index (χ1) is 9.49. The number of aliphatic hydroxyl groups excluding tert-OH is 1. The lowest BCUT2D eigenvalue weighted by Crippen LogP contribution is -2.47. The Hall–Kier alpha value is -0.280. The minimum absolute atomic E-state index is 0.0231. The maximum Gasteiger partial charge on any atom is 0.0595 e. The van der Waals surface area contributed by atoms with Gasteiger partial charge in [0.2, 0.25) is 0 Å². The van der Waals surface area contributed by atoms with Gasteiger partial charge in [0.15, 0.2) is 0 Å². The van der Waals surface area contributed by atoms with Gasteiger partial charge in [-0.05, 0) is 50.6 Å². The third-order valence-corrected chi connectivity index (χ3v) is 5.26. The molecule has 1 aliphatic rings. The average Bonchev–Trinajstić information content (AvgIpc) is 2.41. The normalized spacial score (nSPS) is 27.0. The van der Waals surface area contributed by atoms with Gasteiger partial charge in [0.1, 0.15) is 0 Å².